The van der Waals surface area contributed by atoms with Crippen LogP contribution in [0.4, 0.5) is 5.69 Å². The minimum atomic E-state index is -1.75. The van der Waals surface area contributed by atoms with Gasteiger partial charge >= 0.3 is 5.97 Å². The second-order valence-corrected chi connectivity index (χ2v) is 4.51. The quantitative estimate of drug-likeness (QED) is 0.650. The van der Waals surface area contributed by atoms with Crippen molar-refractivity contribution in [2.75, 3.05) is 19.1 Å². The summed E-state index contributed by atoms with van der Waals surface area (Å²) in [5, 5.41) is 10.6. The van der Waals surface area contributed by atoms with E-state index in [1.54, 1.807) is 31.3 Å². The van der Waals surface area contributed by atoms with Crippen molar-refractivity contribution >= 4 is 17.6 Å². The normalized spacial score (nSPS) is 21.2. The Morgan fingerprint density at radius 1 is 1.47 bits per heavy atom. The number of nitrogens with zero attached hydrogens (tertiary/aromatic N) is 1. The highest BCUT2D eigenvalue weighted by molar-refractivity contribution is 6.07. The predicted octanol–water partition coefficient (Wildman–Crippen LogP) is 0.970. The summed E-state index contributed by atoms with van der Waals surface area (Å²) in [5.41, 5.74) is -0.583. The second kappa shape index (κ2) is 4.51. The number of methoxy groups -OCH3 is 1. The highest BCUT2D eigenvalue weighted by Crippen LogP contribution is 2.42. The Morgan fingerprint density at radius 2 is 2.11 bits per heavy atom. The fourth-order valence-corrected chi connectivity index (χ4v) is 2.31. The molecule has 1 aromatic rings. The van der Waals surface area contributed by atoms with E-state index in [1.807, 2.05) is 0 Å². The number of hydrogen-bond acceptors (Lipinski definition) is 4. The van der Waals surface area contributed by atoms with E-state index < -0.39 is 17.5 Å². The molecule has 0 bridgehead atoms. The Morgan fingerprint density at radius 3 is 2.74 bits per heavy atom. The number of fused-ring (bicyclic) bond motifs is 1. The number of carbonyl (C=O) groups is 2. The van der Waals surface area contributed by atoms with Crippen LogP contribution in [0.1, 0.15) is 12.0 Å². The molecule has 5 heteroatoms. The summed E-state index contributed by atoms with van der Waals surface area (Å²) in [5.74, 6) is -1.10. The maximum Gasteiger partial charge on any atom is 0.333 e. The maximum atomic E-state index is 12.2. The Hall–Kier alpha value is -2.14. The lowest BCUT2D eigenvalue weighted by Crippen LogP contribution is -2.39. The molecule has 1 amide bonds. The fourth-order valence-electron chi connectivity index (χ4n) is 2.31. The molecule has 0 aromatic heterocycles. The Bertz CT molecular complexity index is 566. The largest absolute Gasteiger partial charge is 0.466 e. The molecule has 0 saturated carbocycles. The zero-order chi connectivity index (χ0) is 14.2. The highest BCUT2D eigenvalue weighted by Gasteiger charge is 2.49. The minimum absolute atomic E-state index is 0.0588. The molecule has 5 nitrogen and oxygen atoms in total. The number of anilines is 1. The van der Waals surface area contributed by atoms with Crippen LogP contribution in [0.2, 0.25) is 0 Å². The molecular formula is C14H15NO4. The zero-order valence-electron chi connectivity index (χ0n) is 10.8. The van der Waals surface area contributed by atoms with E-state index in [4.69, 9.17) is 0 Å². The molecule has 1 aliphatic heterocycles. The van der Waals surface area contributed by atoms with Gasteiger partial charge in [0.15, 0.2) is 5.60 Å². The molecule has 1 aromatic carbocycles. The van der Waals surface area contributed by atoms with Crippen LogP contribution in [0.15, 0.2) is 36.4 Å². The van der Waals surface area contributed by atoms with E-state index in [0.717, 1.165) is 0 Å². The molecule has 1 N–H and O–H groups in total. The van der Waals surface area contributed by atoms with E-state index in [9.17, 15) is 14.7 Å². The van der Waals surface area contributed by atoms with Crippen molar-refractivity contribution in [1.82, 2.24) is 0 Å². The maximum absolute atomic E-state index is 12.2. The van der Waals surface area contributed by atoms with Gasteiger partial charge in [-0.05, 0) is 6.07 Å². The number of ether oxygens (including phenoxy) is 1. The summed E-state index contributed by atoms with van der Waals surface area (Å²) in [6, 6.07) is 6.92. The first-order chi connectivity index (χ1) is 8.91. The Balaban J connectivity index is 2.41. The smallest absolute Gasteiger partial charge is 0.333 e. The monoisotopic (exact) mass is 261 g/mol. The summed E-state index contributed by atoms with van der Waals surface area (Å²) >= 11 is 0. The van der Waals surface area contributed by atoms with Gasteiger partial charge in [0, 0.05) is 24.6 Å². The third kappa shape index (κ3) is 1.92. The van der Waals surface area contributed by atoms with E-state index in [2.05, 4.69) is 11.3 Å². The summed E-state index contributed by atoms with van der Waals surface area (Å²) in [6.07, 6.45) is -0.181. The van der Waals surface area contributed by atoms with Gasteiger partial charge in [0.05, 0.1) is 12.8 Å². The van der Waals surface area contributed by atoms with Gasteiger partial charge in [0.1, 0.15) is 0 Å². The highest BCUT2D eigenvalue weighted by atomic mass is 16.5. The van der Waals surface area contributed by atoms with E-state index in [1.165, 1.54) is 12.0 Å². The molecule has 100 valence electrons. The number of benzene rings is 1. The van der Waals surface area contributed by atoms with E-state index >= 15 is 0 Å². The average Bonchev–Trinajstić information content (AvgIpc) is 2.61. The number of aliphatic hydroxyl groups is 1. The molecule has 0 spiro atoms. The van der Waals surface area contributed by atoms with Crippen molar-refractivity contribution in [3.63, 3.8) is 0 Å². The number of carbonyl (C=O) groups excluding carboxylic acids is 2. The molecule has 0 aliphatic carbocycles. The van der Waals surface area contributed by atoms with Crippen LogP contribution in [0.3, 0.4) is 0 Å². The lowest BCUT2D eigenvalue weighted by molar-refractivity contribution is -0.139. The van der Waals surface area contributed by atoms with Crippen LogP contribution in [-0.4, -0.2) is 31.1 Å². The summed E-state index contributed by atoms with van der Waals surface area (Å²) in [4.78, 5) is 25.0. The van der Waals surface area contributed by atoms with Crippen LogP contribution in [0, 0.1) is 0 Å². The third-order valence-corrected chi connectivity index (χ3v) is 3.31. The first-order valence-electron chi connectivity index (χ1n) is 5.78. The molecule has 1 aliphatic rings. The molecule has 0 radical (unpaired) electrons. The number of esters is 1. The SMILES string of the molecule is C=C(CC1(O)C(=O)N(C)c2ccccc21)C(=O)OC. The molecule has 1 heterocycles. The number of hydrogen-bond donors (Lipinski definition) is 1. The van der Waals surface area contributed by atoms with E-state index in [-0.39, 0.29) is 12.0 Å². The predicted molar refractivity (Wildman–Crippen MR) is 69.5 cm³/mol. The summed E-state index contributed by atoms with van der Waals surface area (Å²) < 4.78 is 4.54. The van der Waals surface area contributed by atoms with Gasteiger partial charge in [-0.2, -0.15) is 0 Å². The molecular weight excluding hydrogens is 246 g/mol. The lowest BCUT2D eigenvalue weighted by atomic mass is 9.89. The van der Waals surface area contributed by atoms with Gasteiger partial charge < -0.3 is 14.7 Å². The van der Waals surface area contributed by atoms with Crippen LogP contribution in [0.5, 0.6) is 0 Å². The Labute approximate surface area is 111 Å². The van der Waals surface area contributed by atoms with Gasteiger partial charge in [-0.1, -0.05) is 24.8 Å². The van der Waals surface area contributed by atoms with Crippen LogP contribution in [-0.2, 0) is 19.9 Å². The third-order valence-electron chi connectivity index (χ3n) is 3.31. The number of para-hydroxylation sites is 1. The Kier molecular flexibility index (Phi) is 3.16. The second-order valence-electron chi connectivity index (χ2n) is 4.51. The summed E-state index contributed by atoms with van der Waals surface area (Å²) in [7, 11) is 2.81. The van der Waals surface area contributed by atoms with Crippen molar-refractivity contribution in [1.29, 1.82) is 0 Å². The van der Waals surface area contributed by atoms with Crippen LogP contribution < -0.4 is 4.90 Å². The van der Waals surface area contributed by atoms with Gasteiger partial charge in [-0.3, -0.25) is 4.79 Å². The van der Waals surface area contributed by atoms with Crippen molar-refractivity contribution in [2.24, 2.45) is 0 Å². The standard InChI is InChI=1S/C14H15NO4/c1-9(12(16)19-3)8-14(18)10-6-4-5-7-11(10)15(2)13(14)17/h4-7,18H,1,8H2,2-3H3. The van der Waals surface area contributed by atoms with Gasteiger partial charge in [-0.15, -0.1) is 0 Å². The van der Waals surface area contributed by atoms with Gasteiger partial charge in [0.2, 0.25) is 0 Å². The van der Waals surface area contributed by atoms with Crippen molar-refractivity contribution in [3.8, 4) is 0 Å². The van der Waals surface area contributed by atoms with Crippen molar-refractivity contribution < 1.29 is 19.4 Å². The number of amides is 1. The summed E-state index contributed by atoms with van der Waals surface area (Å²) in [6.45, 7) is 3.56. The van der Waals surface area contributed by atoms with Gasteiger partial charge in [0.25, 0.3) is 5.91 Å². The van der Waals surface area contributed by atoms with Crippen molar-refractivity contribution in [2.45, 2.75) is 12.0 Å². The first-order valence-corrected chi connectivity index (χ1v) is 5.78. The van der Waals surface area contributed by atoms with E-state index in [0.29, 0.717) is 11.3 Å². The topological polar surface area (TPSA) is 66.8 Å². The zero-order valence-corrected chi connectivity index (χ0v) is 10.8. The molecule has 1 unspecified atom stereocenters. The van der Waals surface area contributed by atoms with Gasteiger partial charge in [-0.25, -0.2) is 4.79 Å². The molecule has 19 heavy (non-hydrogen) atoms. The number of rotatable bonds is 3. The minimum Gasteiger partial charge on any atom is -0.466 e. The molecule has 2 rings (SSSR count). The first kappa shape index (κ1) is 13.3. The molecule has 0 saturated heterocycles. The van der Waals surface area contributed by atoms with Crippen LogP contribution >= 0.6 is 0 Å². The van der Waals surface area contributed by atoms with Crippen LogP contribution in [0.25, 0.3) is 0 Å². The number of likely N-dealkylation sites (N-methyl/N-ethyl adjacent to an activating group) is 1. The molecule has 1 atom stereocenters. The van der Waals surface area contributed by atoms with Crippen molar-refractivity contribution in [3.05, 3.63) is 42.0 Å². The lowest BCUT2D eigenvalue weighted by Gasteiger charge is -2.22. The fraction of sp³-hybridized carbons (Fsp3) is 0.286. The average molecular weight is 261 g/mol. The molecule has 0 fully saturated rings.